The van der Waals surface area contributed by atoms with Crippen LogP contribution in [0.4, 0.5) is 0 Å². The Morgan fingerprint density at radius 2 is 1.52 bits per heavy atom. The van der Waals surface area contributed by atoms with Gasteiger partial charge in [-0.1, -0.05) is 48.6 Å². The van der Waals surface area contributed by atoms with Gasteiger partial charge in [-0.15, -0.1) is 0 Å². The molecule has 2 heteroatoms. The van der Waals surface area contributed by atoms with E-state index in [1.807, 2.05) is 0 Å². The molecule has 0 unspecified atom stereocenters. The Labute approximate surface area is 153 Å². The van der Waals surface area contributed by atoms with E-state index in [4.69, 9.17) is 0 Å². The molecule has 1 heterocycles. The van der Waals surface area contributed by atoms with Crippen LogP contribution in [-0.4, -0.2) is 8.07 Å². The molecule has 25 heavy (non-hydrogen) atoms. The number of aryl methyl sites for hydroxylation is 3. The van der Waals surface area contributed by atoms with E-state index >= 15 is 0 Å². The van der Waals surface area contributed by atoms with Crippen LogP contribution in [0.3, 0.4) is 0 Å². The Morgan fingerprint density at radius 3 is 2.16 bits per heavy atom. The molecule has 0 bridgehead atoms. The quantitative estimate of drug-likeness (QED) is 0.447. The summed E-state index contributed by atoms with van der Waals surface area (Å²) >= 11 is 0. The molecule has 0 saturated carbocycles. The number of fused-ring (bicyclic) bond motifs is 1. The molecular weight excluding hydrogens is 318 g/mol. The van der Waals surface area contributed by atoms with Gasteiger partial charge in [-0.3, -0.25) is 0 Å². The fourth-order valence-corrected chi connectivity index (χ4v) is 4.83. The molecule has 0 spiro atoms. The Kier molecular flexibility index (Phi) is 4.36. The van der Waals surface area contributed by atoms with E-state index in [1.54, 1.807) is 0 Å². The molecule has 0 saturated heterocycles. The smallest absolute Gasteiger partial charge is 0.198 e. The van der Waals surface area contributed by atoms with Gasteiger partial charge in [0.15, 0.2) is 5.69 Å². The van der Waals surface area contributed by atoms with Gasteiger partial charge in [0.05, 0.1) is 19.0 Å². The van der Waals surface area contributed by atoms with E-state index in [1.165, 1.54) is 49.6 Å². The molecule has 1 nitrogen and oxygen atoms in total. The summed E-state index contributed by atoms with van der Waals surface area (Å²) in [5.74, 6) is 0. The zero-order chi connectivity index (χ0) is 18.5. The third-order valence-corrected chi connectivity index (χ3v) is 7.51. The van der Waals surface area contributed by atoms with Crippen LogP contribution in [0.5, 0.6) is 0 Å². The van der Waals surface area contributed by atoms with E-state index in [-0.39, 0.29) is 0 Å². The van der Waals surface area contributed by atoms with E-state index in [0.717, 1.165) is 0 Å². The Hall–Kier alpha value is -1.93. The molecule has 3 aromatic rings. The average Bonchev–Trinajstić information content (AvgIpc) is 2.51. The summed E-state index contributed by atoms with van der Waals surface area (Å²) in [7, 11) is 0.874. The first kappa shape index (κ1) is 17.9. The highest BCUT2D eigenvalue weighted by Gasteiger charge is 2.23. The fraction of sp³-hybridized carbons (Fsp3) is 0.348. The number of benzene rings is 2. The molecule has 0 radical (unpaired) electrons. The number of hydrogen-bond acceptors (Lipinski definition) is 0. The number of hydrogen-bond donors (Lipinski definition) is 0. The molecule has 2 aromatic carbocycles. The summed E-state index contributed by atoms with van der Waals surface area (Å²) in [6.07, 6.45) is 0. The lowest BCUT2D eigenvalue weighted by Gasteiger charge is -2.18. The highest BCUT2D eigenvalue weighted by Crippen LogP contribution is 2.31. The number of nitrogens with zero attached hydrogens (tertiary/aromatic N) is 1. The average molecular weight is 349 g/mol. The maximum Gasteiger partial charge on any atom is 0.220 e. The van der Waals surface area contributed by atoms with Crippen LogP contribution >= 0.6 is 0 Å². The van der Waals surface area contributed by atoms with Crippen LogP contribution in [0.15, 0.2) is 36.4 Å². The van der Waals surface area contributed by atoms with Crippen LogP contribution in [0.2, 0.25) is 19.6 Å². The van der Waals surface area contributed by atoms with Crippen molar-refractivity contribution in [2.45, 2.75) is 47.3 Å². The molecule has 130 valence electrons. The van der Waals surface area contributed by atoms with Gasteiger partial charge in [-0.2, -0.15) is 4.57 Å². The van der Waals surface area contributed by atoms with E-state index in [2.05, 4.69) is 95.3 Å². The van der Waals surface area contributed by atoms with Crippen molar-refractivity contribution >= 4 is 24.0 Å². The first-order valence-corrected chi connectivity index (χ1v) is 12.6. The lowest BCUT2D eigenvalue weighted by Crippen LogP contribution is -2.38. The Morgan fingerprint density at radius 1 is 0.840 bits per heavy atom. The van der Waals surface area contributed by atoms with Gasteiger partial charge >= 0.3 is 0 Å². The predicted octanol–water partition coefficient (Wildman–Crippen LogP) is 5.11. The standard InChI is InChI=1S/C23H30NSi/c1-15-11-16(2)18(4)22(12-15)23-21-10-9-20(25(6,7)8)14-19(21)13-17(3)24(23)5/h9-14H,1-8H3/q+1. The lowest BCUT2D eigenvalue weighted by atomic mass is 9.94. The SMILES string of the molecule is Cc1cc(C)c(C)c(-c2c3ccc([Si](C)(C)C)cc3cc(C)[n+]2C)c1. The minimum Gasteiger partial charge on any atom is -0.198 e. The second-order valence-corrected chi connectivity index (χ2v) is 13.6. The van der Waals surface area contributed by atoms with Crippen molar-refractivity contribution < 1.29 is 4.57 Å². The maximum absolute atomic E-state index is 2.43. The zero-order valence-electron chi connectivity index (χ0n) is 16.9. The molecule has 0 N–H and O–H groups in total. The number of pyridine rings is 1. The fourth-order valence-electron chi connectivity index (χ4n) is 3.65. The lowest BCUT2D eigenvalue weighted by molar-refractivity contribution is -0.665. The van der Waals surface area contributed by atoms with E-state index in [0.29, 0.717) is 0 Å². The highest BCUT2D eigenvalue weighted by atomic mass is 28.3. The van der Waals surface area contributed by atoms with Gasteiger partial charge in [0, 0.05) is 13.0 Å². The predicted molar refractivity (Wildman–Crippen MR) is 112 cm³/mol. The van der Waals surface area contributed by atoms with E-state index in [9.17, 15) is 0 Å². The Balaban J connectivity index is 2.41. The van der Waals surface area contributed by atoms with Gasteiger partial charge in [-0.25, -0.2) is 0 Å². The molecule has 0 aliphatic carbocycles. The number of rotatable bonds is 2. The summed E-state index contributed by atoms with van der Waals surface area (Å²) in [5, 5.41) is 4.24. The van der Waals surface area contributed by atoms with Crippen molar-refractivity contribution in [1.29, 1.82) is 0 Å². The van der Waals surface area contributed by atoms with Crippen LogP contribution in [-0.2, 0) is 7.05 Å². The second-order valence-electron chi connectivity index (χ2n) is 8.50. The largest absolute Gasteiger partial charge is 0.220 e. The molecule has 0 fully saturated rings. The molecule has 1 aromatic heterocycles. The van der Waals surface area contributed by atoms with Crippen molar-refractivity contribution in [1.82, 2.24) is 0 Å². The van der Waals surface area contributed by atoms with Crippen molar-refractivity contribution in [2.75, 3.05) is 0 Å². The normalized spacial score (nSPS) is 12.0. The summed E-state index contributed by atoms with van der Waals surface area (Å²) in [6, 6.07) is 14.1. The van der Waals surface area contributed by atoms with Crippen molar-refractivity contribution in [3.05, 3.63) is 58.8 Å². The first-order valence-electron chi connectivity index (χ1n) is 9.11. The molecule has 0 amide bonds. The van der Waals surface area contributed by atoms with Crippen LogP contribution in [0.1, 0.15) is 22.4 Å². The van der Waals surface area contributed by atoms with Crippen LogP contribution in [0, 0.1) is 27.7 Å². The van der Waals surface area contributed by atoms with Crippen LogP contribution in [0.25, 0.3) is 22.0 Å². The van der Waals surface area contributed by atoms with Crippen molar-refractivity contribution in [2.24, 2.45) is 7.05 Å². The minimum atomic E-state index is -1.31. The van der Waals surface area contributed by atoms with Gasteiger partial charge in [0.25, 0.3) is 0 Å². The zero-order valence-corrected chi connectivity index (χ0v) is 17.9. The van der Waals surface area contributed by atoms with Crippen molar-refractivity contribution in [3.63, 3.8) is 0 Å². The van der Waals surface area contributed by atoms with Crippen molar-refractivity contribution in [3.8, 4) is 11.3 Å². The first-order chi connectivity index (χ1) is 11.6. The third kappa shape index (κ3) is 3.16. The molecule has 0 atom stereocenters. The summed E-state index contributed by atoms with van der Waals surface area (Å²) < 4.78 is 2.34. The summed E-state index contributed by atoms with van der Waals surface area (Å²) in [5.41, 5.74) is 8.06. The topological polar surface area (TPSA) is 3.88 Å². The van der Waals surface area contributed by atoms with Gasteiger partial charge in [0.2, 0.25) is 5.69 Å². The molecule has 0 aliphatic rings. The molecule has 3 rings (SSSR count). The van der Waals surface area contributed by atoms with Gasteiger partial charge < -0.3 is 0 Å². The minimum absolute atomic E-state index is 1.30. The molecular formula is C23H30NSi+. The molecule has 0 aliphatic heterocycles. The van der Waals surface area contributed by atoms with E-state index < -0.39 is 8.07 Å². The summed E-state index contributed by atoms with van der Waals surface area (Å²) in [6.45, 7) is 16.1. The highest BCUT2D eigenvalue weighted by molar-refractivity contribution is 6.88. The summed E-state index contributed by atoms with van der Waals surface area (Å²) in [4.78, 5) is 0. The second kappa shape index (κ2) is 6.10. The monoisotopic (exact) mass is 348 g/mol. The van der Waals surface area contributed by atoms with Crippen LogP contribution < -0.4 is 9.75 Å². The Bertz CT molecular complexity index is 978. The number of aromatic nitrogens is 1. The van der Waals surface area contributed by atoms with Gasteiger partial charge in [0.1, 0.15) is 7.05 Å². The van der Waals surface area contributed by atoms with Gasteiger partial charge in [-0.05, 0) is 49.4 Å². The third-order valence-electron chi connectivity index (χ3n) is 5.47. The maximum atomic E-state index is 2.43.